The number of methoxy groups -OCH3 is 1. The van der Waals surface area contributed by atoms with Crippen molar-refractivity contribution < 1.29 is 23.8 Å². The van der Waals surface area contributed by atoms with E-state index in [1.807, 2.05) is 13.0 Å². The highest BCUT2D eigenvalue weighted by Gasteiger charge is 2.11. The molecular formula is C21H31ClO5. The lowest BCUT2D eigenvalue weighted by molar-refractivity contribution is -0.144. The molecule has 0 aliphatic carbocycles. The van der Waals surface area contributed by atoms with E-state index in [4.69, 9.17) is 25.8 Å². The number of aryl methyl sites for hydroxylation is 1. The van der Waals surface area contributed by atoms with E-state index in [1.54, 1.807) is 12.1 Å². The van der Waals surface area contributed by atoms with Crippen LogP contribution in [-0.4, -0.2) is 31.5 Å². The average molecular weight is 399 g/mol. The number of carbonyl (C=O) groups is 2. The van der Waals surface area contributed by atoms with E-state index in [9.17, 15) is 9.59 Å². The van der Waals surface area contributed by atoms with Gasteiger partial charge in [0.2, 0.25) is 0 Å². The third kappa shape index (κ3) is 10.9. The Hall–Kier alpha value is -1.75. The van der Waals surface area contributed by atoms with Crippen LogP contribution in [0.15, 0.2) is 18.2 Å². The first-order valence-corrected chi connectivity index (χ1v) is 10.2. The summed E-state index contributed by atoms with van der Waals surface area (Å²) in [7, 11) is 1.53. The molecule has 5 nitrogen and oxygen atoms in total. The Morgan fingerprint density at radius 2 is 1.56 bits per heavy atom. The van der Waals surface area contributed by atoms with Crippen molar-refractivity contribution in [2.24, 2.45) is 0 Å². The van der Waals surface area contributed by atoms with Crippen LogP contribution < -0.4 is 9.47 Å². The normalized spacial score (nSPS) is 10.5. The number of halogens is 1. The number of hydrogen-bond donors (Lipinski definition) is 0. The van der Waals surface area contributed by atoms with Crippen LogP contribution in [0.4, 0.5) is 0 Å². The van der Waals surface area contributed by atoms with E-state index in [0.29, 0.717) is 24.5 Å². The summed E-state index contributed by atoms with van der Waals surface area (Å²) in [6.07, 6.45) is 7.26. The third-order valence-electron chi connectivity index (χ3n) is 4.10. The molecule has 0 atom stereocenters. The molecule has 0 aliphatic rings. The fourth-order valence-corrected chi connectivity index (χ4v) is 2.77. The van der Waals surface area contributed by atoms with Crippen molar-refractivity contribution in [2.45, 2.75) is 64.7 Å². The molecule has 0 amide bonds. The molecule has 0 bridgehead atoms. The molecule has 0 saturated carbocycles. The Kier molecular flexibility index (Phi) is 12.4. The lowest BCUT2D eigenvalue weighted by Gasteiger charge is -2.10. The van der Waals surface area contributed by atoms with E-state index >= 15 is 0 Å². The summed E-state index contributed by atoms with van der Waals surface area (Å²) in [5.74, 6) is 0.984. The summed E-state index contributed by atoms with van der Waals surface area (Å²) < 4.78 is 15.7. The number of rotatable bonds is 14. The Morgan fingerprint density at radius 3 is 2.26 bits per heavy atom. The van der Waals surface area contributed by atoms with Crippen molar-refractivity contribution >= 4 is 23.5 Å². The molecule has 152 valence electrons. The van der Waals surface area contributed by atoms with Gasteiger partial charge in [-0.3, -0.25) is 9.59 Å². The van der Waals surface area contributed by atoms with Crippen LogP contribution >= 0.6 is 11.6 Å². The molecule has 0 fully saturated rings. The Labute approximate surface area is 167 Å². The number of carbonyl (C=O) groups excluding carboxylic acids is 2. The minimum absolute atomic E-state index is 0.159. The van der Waals surface area contributed by atoms with Crippen LogP contribution in [0.25, 0.3) is 0 Å². The molecule has 0 aliphatic heterocycles. The van der Waals surface area contributed by atoms with Gasteiger partial charge in [0.1, 0.15) is 0 Å². The summed E-state index contributed by atoms with van der Waals surface area (Å²) in [6, 6.07) is 5.39. The molecule has 0 radical (unpaired) electrons. The van der Waals surface area contributed by atoms with Crippen LogP contribution in [0.2, 0.25) is 0 Å². The van der Waals surface area contributed by atoms with Crippen molar-refractivity contribution in [3.63, 3.8) is 0 Å². The summed E-state index contributed by atoms with van der Waals surface area (Å²) in [6.45, 7) is 2.35. The van der Waals surface area contributed by atoms with Gasteiger partial charge in [-0.05, 0) is 43.9 Å². The van der Waals surface area contributed by atoms with Gasteiger partial charge < -0.3 is 14.2 Å². The number of alkyl halides is 1. The second-order valence-electron chi connectivity index (χ2n) is 6.51. The average Bonchev–Trinajstić information content (AvgIpc) is 2.64. The maximum absolute atomic E-state index is 11.9. The van der Waals surface area contributed by atoms with Gasteiger partial charge in [0.25, 0.3) is 0 Å². The number of benzene rings is 1. The predicted molar refractivity (Wildman–Crippen MR) is 107 cm³/mol. The van der Waals surface area contributed by atoms with Gasteiger partial charge in [-0.2, -0.15) is 0 Å². The largest absolute Gasteiger partial charge is 0.493 e. The van der Waals surface area contributed by atoms with Crippen molar-refractivity contribution in [3.8, 4) is 11.5 Å². The summed E-state index contributed by atoms with van der Waals surface area (Å²) in [5, 5.41) is 0. The number of unbranched alkanes of at least 4 members (excludes halogenated alkanes) is 5. The van der Waals surface area contributed by atoms with Crippen molar-refractivity contribution in [2.75, 3.05) is 19.6 Å². The monoisotopic (exact) mass is 398 g/mol. The molecule has 1 aromatic carbocycles. The minimum atomic E-state index is -0.386. The van der Waals surface area contributed by atoms with Crippen LogP contribution in [0.1, 0.15) is 63.4 Å². The van der Waals surface area contributed by atoms with E-state index in [-0.39, 0.29) is 24.8 Å². The highest BCUT2D eigenvalue weighted by Crippen LogP contribution is 2.28. The number of ether oxygens (including phenoxy) is 3. The maximum Gasteiger partial charge on any atom is 0.311 e. The van der Waals surface area contributed by atoms with Gasteiger partial charge in [0.15, 0.2) is 11.5 Å². The zero-order valence-electron chi connectivity index (χ0n) is 16.4. The summed E-state index contributed by atoms with van der Waals surface area (Å²) in [4.78, 5) is 23.6. The quantitative estimate of drug-likeness (QED) is 0.186. The molecule has 0 heterocycles. The Balaban J connectivity index is 2.12. The van der Waals surface area contributed by atoms with Gasteiger partial charge >= 0.3 is 11.9 Å². The van der Waals surface area contributed by atoms with Gasteiger partial charge in [-0.25, -0.2) is 0 Å². The molecule has 6 heteroatoms. The Bertz CT molecular complexity index is 574. The lowest BCUT2D eigenvalue weighted by atomic mass is 10.1. The second-order valence-corrected chi connectivity index (χ2v) is 6.89. The van der Waals surface area contributed by atoms with E-state index in [1.165, 1.54) is 13.5 Å². The first-order valence-electron chi connectivity index (χ1n) is 9.63. The first kappa shape index (κ1) is 23.3. The number of esters is 2. The smallest absolute Gasteiger partial charge is 0.311 e. The standard InChI is InChI=1S/C21H31ClO5/c1-17-12-13-18(25-2)19(16-17)27-21(24)11-9-10-20(23)26-15-8-6-4-3-5-7-14-22/h12-13,16H,3-11,14-15H2,1-2H3. The molecule has 1 aromatic rings. The van der Waals surface area contributed by atoms with Crippen molar-refractivity contribution in [1.82, 2.24) is 0 Å². The second kappa shape index (κ2) is 14.3. The van der Waals surface area contributed by atoms with E-state index in [2.05, 4.69) is 0 Å². The van der Waals surface area contributed by atoms with Gasteiger partial charge in [-0.1, -0.05) is 31.7 Å². The molecular weight excluding hydrogens is 368 g/mol. The van der Waals surface area contributed by atoms with Gasteiger partial charge in [0.05, 0.1) is 13.7 Å². The molecule has 27 heavy (non-hydrogen) atoms. The molecule has 0 unspecified atom stereocenters. The van der Waals surface area contributed by atoms with Crippen LogP contribution in [0, 0.1) is 6.92 Å². The van der Waals surface area contributed by atoms with Crippen LogP contribution in [0.3, 0.4) is 0 Å². The minimum Gasteiger partial charge on any atom is -0.493 e. The molecule has 0 saturated heterocycles. The predicted octanol–water partition coefficient (Wildman–Crippen LogP) is 5.20. The molecule has 1 rings (SSSR count). The maximum atomic E-state index is 11.9. The molecule has 0 aromatic heterocycles. The highest BCUT2D eigenvalue weighted by atomic mass is 35.5. The zero-order chi connectivity index (χ0) is 19.9. The fraction of sp³-hybridized carbons (Fsp3) is 0.619. The zero-order valence-corrected chi connectivity index (χ0v) is 17.2. The summed E-state index contributed by atoms with van der Waals surface area (Å²) in [5.41, 5.74) is 0.973. The van der Waals surface area contributed by atoms with Crippen LogP contribution in [-0.2, 0) is 14.3 Å². The van der Waals surface area contributed by atoms with Gasteiger partial charge in [0, 0.05) is 18.7 Å². The highest BCUT2D eigenvalue weighted by molar-refractivity contribution is 6.17. The third-order valence-corrected chi connectivity index (χ3v) is 4.36. The number of hydrogen-bond acceptors (Lipinski definition) is 5. The molecule has 0 N–H and O–H groups in total. The SMILES string of the molecule is COc1ccc(C)cc1OC(=O)CCCC(=O)OCCCCCCCCCl. The van der Waals surface area contributed by atoms with Crippen molar-refractivity contribution in [1.29, 1.82) is 0 Å². The van der Waals surface area contributed by atoms with E-state index in [0.717, 1.165) is 43.5 Å². The van der Waals surface area contributed by atoms with Gasteiger partial charge in [-0.15, -0.1) is 11.6 Å². The van der Waals surface area contributed by atoms with Crippen molar-refractivity contribution in [3.05, 3.63) is 23.8 Å². The Morgan fingerprint density at radius 1 is 0.889 bits per heavy atom. The molecule has 0 spiro atoms. The lowest BCUT2D eigenvalue weighted by Crippen LogP contribution is -2.11. The van der Waals surface area contributed by atoms with Crippen LogP contribution in [0.5, 0.6) is 11.5 Å². The summed E-state index contributed by atoms with van der Waals surface area (Å²) >= 11 is 5.63. The first-order chi connectivity index (χ1) is 13.1. The topological polar surface area (TPSA) is 61.8 Å². The fourth-order valence-electron chi connectivity index (χ4n) is 2.58. The van der Waals surface area contributed by atoms with E-state index < -0.39 is 0 Å².